The summed E-state index contributed by atoms with van der Waals surface area (Å²) >= 11 is 0. The molecule has 1 rings (SSSR count). The molecule has 1 saturated carbocycles. The second kappa shape index (κ2) is 10.1. The van der Waals surface area contributed by atoms with Gasteiger partial charge in [-0.3, -0.25) is 4.79 Å². The highest BCUT2D eigenvalue weighted by molar-refractivity contribution is 5.75. The molecule has 1 aliphatic carbocycles. The number of rotatable bonds is 9. The first-order valence-corrected chi connectivity index (χ1v) is 9.07. The quantitative estimate of drug-likeness (QED) is 0.474. The fraction of sp³-hybridized carbons (Fsp3) is 0.895. The monoisotopic (exact) mass is 326 g/mol. The third-order valence-corrected chi connectivity index (χ3v) is 5.53. The summed E-state index contributed by atoms with van der Waals surface area (Å²) in [4.78, 5) is 22.0. The van der Waals surface area contributed by atoms with Crippen LogP contribution in [0, 0.1) is 23.7 Å². The average Bonchev–Trinajstić information content (AvgIpc) is 2.48. The second-order valence-electron chi connectivity index (χ2n) is 7.30. The Kier molecular flexibility index (Phi) is 8.82. The van der Waals surface area contributed by atoms with Crippen LogP contribution < -0.4 is 0 Å². The standard InChI is InChI=1S/C19H34O4/c1-13(20)9-7-6-8-10-22-19-11-18(12-23-17(5)21)15(3)14(2)16(19)4/h14-16,18-19H,6-12H2,1-5H3/t14-,15+,16?,18?,19+/m0/s1. The van der Waals surface area contributed by atoms with Gasteiger partial charge in [0.1, 0.15) is 5.78 Å². The smallest absolute Gasteiger partial charge is 0.302 e. The largest absolute Gasteiger partial charge is 0.466 e. The van der Waals surface area contributed by atoms with E-state index in [0.29, 0.717) is 36.7 Å². The first kappa shape index (κ1) is 20.1. The van der Waals surface area contributed by atoms with E-state index in [-0.39, 0.29) is 17.9 Å². The number of carbonyl (C=O) groups is 2. The van der Waals surface area contributed by atoms with Crippen LogP contribution in [0.3, 0.4) is 0 Å². The summed E-state index contributed by atoms with van der Waals surface area (Å²) in [6.45, 7) is 11.2. The fourth-order valence-electron chi connectivity index (χ4n) is 3.53. The van der Waals surface area contributed by atoms with Gasteiger partial charge in [-0.25, -0.2) is 0 Å². The molecule has 4 heteroatoms. The average molecular weight is 326 g/mol. The van der Waals surface area contributed by atoms with E-state index in [1.54, 1.807) is 6.92 Å². The van der Waals surface area contributed by atoms with Crippen LogP contribution in [0.15, 0.2) is 0 Å². The molecule has 134 valence electrons. The van der Waals surface area contributed by atoms with Crippen molar-refractivity contribution in [2.75, 3.05) is 13.2 Å². The lowest BCUT2D eigenvalue weighted by molar-refractivity contribution is -0.146. The van der Waals surface area contributed by atoms with E-state index in [0.717, 1.165) is 32.3 Å². The SMILES string of the molecule is CC(=O)CCCCCO[C@@H]1CC(COC(C)=O)[C@H](C)[C@H](C)C1C. The third-order valence-electron chi connectivity index (χ3n) is 5.53. The predicted molar refractivity (Wildman–Crippen MR) is 91.1 cm³/mol. The van der Waals surface area contributed by atoms with Gasteiger partial charge in [0.25, 0.3) is 0 Å². The Morgan fingerprint density at radius 2 is 1.65 bits per heavy atom. The summed E-state index contributed by atoms with van der Waals surface area (Å²) in [5.74, 6) is 2.07. The van der Waals surface area contributed by atoms with Crippen molar-refractivity contribution in [3.05, 3.63) is 0 Å². The molecule has 1 aliphatic rings. The molecule has 5 atom stereocenters. The van der Waals surface area contributed by atoms with Gasteiger partial charge >= 0.3 is 5.97 Å². The number of esters is 1. The fourth-order valence-corrected chi connectivity index (χ4v) is 3.53. The lowest BCUT2D eigenvalue weighted by Gasteiger charge is -2.43. The number of hydrogen-bond acceptors (Lipinski definition) is 4. The lowest BCUT2D eigenvalue weighted by Crippen LogP contribution is -2.42. The molecular weight excluding hydrogens is 292 g/mol. The van der Waals surface area contributed by atoms with Crippen molar-refractivity contribution in [2.24, 2.45) is 23.7 Å². The van der Waals surface area contributed by atoms with Crippen LogP contribution in [0.4, 0.5) is 0 Å². The maximum atomic E-state index is 11.1. The Labute approximate surface area is 141 Å². The van der Waals surface area contributed by atoms with Crippen LogP contribution in [-0.2, 0) is 19.1 Å². The maximum Gasteiger partial charge on any atom is 0.302 e. The lowest BCUT2D eigenvalue weighted by atomic mass is 9.67. The zero-order valence-electron chi connectivity index (χ0n) is 15.5. The van der Waals surface area contributed by atoms with E-state index < -0.39 is 0 Å². The molecule has 2 unspecified atom stereocenters. The molecule has 0 heterocycles. The van der Waals surface area contributed by atoms with Gasteiger partial charge in [0.15, 0.2) is 0 Å². The zero-order valence-corrected chi connectivity index (χ0v) is 15.5. The van der Waals surface area contributed by atoms with E-state index in [4.69, 9.17) is 9.47 Å². The van der Waals surface area contributed by atoms with Gasteiger partial charge < -0.3 is 14.3 Å². The van der Waals surface area contributed by atoms with E-state index in [2.05, 4.69) is 20.8 Å². The van der Waals surface area contributed by atoms with Crippen LogP contribution in [0.2, 0.25) is 0 Å². The normalized spacial score (nSPS) is 30.9. The van der Waals surface area contributed by atoms with Crippen molar-refractivity contribution in [1.29, 1.82) is 0 Å². The number of unbranched alkanes of at least 4 members (excludes halogenated alkanes) is 2. The summed E-state index contributed by atoms with van der Waals surface area (Å²) in [6.07, 6.45) is 4.90. The number of ketones is 1. The maximum absolute atomic E-state index is 11.1. The molecule has 1 fully saturated rings. The van der Waals surface area contributed by atoms with Gasteiger partial charge in [-0.15, -0.1) is 0 Å². The molecule has 0 saturated heterocycles. The summed E-state index contributed by atoms with van der Waals surface area (Å²) in [5, 5.41) is 0. The Bertz CT molecular complexity index is 380. The number of Topliss-reactive ketones (excluding diaryl/α,β-unsaturated/α-hetero) is 1. The Balaban J connectivity index is 2.37. The molecule has 4 nitrogen and oxygen atoms in total. The highest BCUT2D eigenvalue weighted by Gasteiger charge is 2.38. The third kappa shape index (κ3) is 7.03. The van der Waals surface area contributed by atoms with Crippen molar-refractivity contribution < 1.29 is 19.1 Å². The zero-order chi connectivity index (χ0) is 17.4. The molecular formula is C19H34O4. The molecule has 0 aliphatic heterocycles. The highest BCUT2D eigenvalue weighted by Crippen LogP contribution is 2.40. The predicted octanol–water partition coefficient (Wildman–Crippen LogP) is 4.01. The van der Waals surface area contributed by atoms with E-state index in [1.165, 1.54) is 6.92 Å². The molecule has 23 heavy (non-hydrogen) atoms. The highest BCUT2D eigenvalue weighted by atomic mass is 16.5. The minimum absolute atomic E-state index is 0.202. The summed E-state index contributed by atoms with van der Waals surface area (Å²) in [5.41, 5.74) is 0. The van der Waals surface area contributed by atoms with Crippen molar-refractivity contribution in [1.82, 2.24) is 0 Å². The molecule has 0 aromatic carbocycles. The molecule has 0 aromatic rings. The molecule has 0 amide bonds. The number of hydrogen-bond donors (Lipinski definition) is 0. The first-order valence-electron chi connectivity index (χ1n) is 9.07. The van der Waals surface area contributed by atoms with E-state index >= 15 is 0 Å². The van der Waals surface area contributed by atoms with Crippen molar-refractivity contribution >= 4 is 11.8 Å². The van der Waals surface area contributed by atoms with Crippen molar-refractivity contribution in [2.45, 2.75) is 72.8 Å². The van der Waals surface area contributed by atoms with Gasteiger partial charge in [0, 0.05) is 20.0 Å². The topological polar surface area (TPSA) is 52.6 Å². The van der Waals surface area contributed by atoms with E-state index in [9.17, 15) is 9.59 Å². The van der Waals surface area contributed by atoms with Gasteiger partial charge in [-0.2, -0.15) is 0 Å². The molecule has 0 spiro atoms. The molecule has 0 N–H and O–H groups in total. The van der Waals surface area contributed by atoms with E-state index in [1.807, 2.05) is 0 Å². The van der Waals surface area contributed by atoms with Crippen LogP contribution in [0.5, 0.6) is 0 Å². The summed E-state index contributed by atoms with van der Waals surface area (Å²) in [6, 6.07) is 0. The molecule has 0 aromatic heterocycles. The van der Waals surface area contributed by atoms with Gasteiger partial charge in [-0.1, -0.05) is 27.2 Å². The Morgan fingerprint density at radius 3 is 2.26 bits per heavy atom. The van der Waals surface area contributed by atoms with Crippen LogP contribution in [0.25, 0.3) is 0 Å². The van der Waals surface area contributed by atoms with Crippen LogP contribution in [-0.4, -0.2) is 31.1 Å². The summed E-state index contributed by atoms with van der Waals surface area (Å²) in [7, 11) is 0. The number of carbonyl (C=O) groups excluding carboxylic acids is 2. The van der Waals surface area contributed by atoms with Crippen LogP contribution >= 0.6 is 0 Å². The van der Waals surface area contributed by atoms with Gasteiger partial charge in [0.2, 0.25) is 0 Å². The van der Waals surface area contributed by atoms with Gasteiger partial charge in [0.05, 0.1) is 12.7 Å². The number of ether oxygens (including phenoxy) is 2. The first-order chi connectivity index (χ1) is 10.8. The van der Waals surface area contributed by atoms with Crippen molar-refractivity contribution in [3.63, 3.8) is 0 Å². The Morgan fingerprint density at radius 1 is 0.957 bits per heavy atom. The molecule has 0 bridgehead atoms. The Hall–Kier alpha value is -0.900. The summed E-state index contributed by atoms with van der Waals surface area (Å²) < 4.78 is 11.4. The van der Waals surface area contributed by atoms with Crippen LogP contribution in [0.1, 0.15) is 66.7 Å². The van der Waals surface area contributed by atoms with Crippen molar-refractivity contribution in [3.8, 4) is 0 Å². The minimum Gasteiger partial charge on any atom is -0.466 e. The molecule has 0 radical (unpaired) electrons. The second-order valence-corrected chi connectivity index (χ2v) is 7.30. The van der Waals surface area contributed by atoms with Gasteiger partial charge in [-0.05, 0) is 49.9 Å². The minimum atomic E-state index is -0.202.